The molecular weight excluding hydrogens is 614 g/mol. The Morgan fingerprint density at radius 1 is 0.674 bits per heavy atom. The normalized spacial score (nSPS) is 12.8. The van der Waals surface area contributed by atoms with Crippen molar-refractivity contribution in [2.75, 3.05) is 16.0 Å². The maximum atomic E-state index is 13.4. The molecule has 5 N–H and O–H groups in total. The number of benzene rings is 5. The third-order valence-corrected chi connectivity index (χ3v) is 7.84. The molecule has 46 heavy (non-hydrogen) atoms. The second-order valence-corrected chi connectivity index (χ2v) is 11.5. The summed E-state index contributed by atoms with van der Waals surface area (Å²) in [5, 5.41) is 16.8. The summed E-state index contributed by atoms with van der Waals surface area (Å²) in [6.07, 6.45) is 0. The van der Waals surface area contributed by atoms with Crippen LogP contribution in [0.3, 0.4) is 0 Å². The lowest BCUT2D eigenvalue weighted by Gasteiger charge is -2.16. The predicted molar refractivity (Wildman–Crippen MR) is 191 cm³/mol. The average Bonchev–Trinajstić information content (AvgIpc) is 3.40. The largest absolute Gasteiger partial charge is 0.380 e. The first-order chi connectivity index (χ1) is 22.4. The van der Waals surface area contributed by atoms with Gasteiger partial charge in [-0.05, 0) is 77.4 Å². The van der Waals surface area contributed by atoms with Crippen molar-refractivity contribution in [2.45, 2.75) is 13.1 Å². The Kier molecular flexibility index (Phi) is 9.38. The van der Waals surface area contributed by atoms with Gasteiger partial charge >= 0.3 is 0 Å². The molecular formula is C37H30ClN5O2S. The zero-order chi connectivity index (χ0) is 31.9. The fraction of sp³-hybridized carbons (Fsp3) is 0.0541. The highest BCUT2D eigenvalue weighted by molar-refractivity contribution is 7.80. The van der Waals surface area contributed by atoms with Crippen molar-refractivity contribution >= 4 is 69.1 Å². The summed E-state index contributed by atoms with van der Waals surface area (Å²) in [7, 11) is 0. The quantitative estimate of drug-likeness (QED) is 0.0835. The summed E-state index contributed by atoms with van der Waals surface area (Å²) in [5.41, 5.74) is 7.44. The van der Waals surface area contributed by atoms with E-state index in [1.807, 2.05) is 97.1 Å². The lowest BCUT2D eigenvalue weighted by atomic mass is 9.98. The van der Waals surface area contributed by atoms with Crippen LogP contribution < -0.4 is 26.6 Å². The van der Waals surface area contributed by atoms with Crippen molar-refractivity contribution in [3.05, 3.63) is 160 Å². The van der Waals surface area contributed by atoms with Crippen LogP contribution in [0.5, 0.6) is 0 Å². The first kappa shape index (κ1) is 30.6. The molecule has 5 aromatic carbocycles. The molecule has 5 aromatic rings. The van der Waals surface area contributed by atoms with Gasteiger partial charge in [0.15, 0.2) is 5.11 Å². The van der Waals surface area contributed by atoms with E-state index in [1.165, 1.54) is 0 Å². The standard InChI is InChI=1S/C37H30ClN5O2S/c38-28-12-7-13-30(21-28)42-37(46)41-29-17-14-25(15-18-29)22-39-34(26-10-5-2-6-11-26)33-31-20-27(16-19-32(31)43-36(33)45)35(44)40-23-24-8-3-1-4-9-24/h1-21,39H,22-23H2,(H,40,44)(H,43,45)(H2,41,42,46)/b34-33-. The number of thiocarbonyl (C=S) groups is 1. The number of hydrogen-bond donors (Lipinski definition) is 5. The number of anilines is 3. The summed E-state index contributed by atoms with van der Waals surface area (Å²) in [6.45, 7) is 0.866. The number of carbonyl (C=O) groups is 2. The smallest absolute Gasteiger partial charge is 0.258 e. The lowest BCUT2D eigenvalue weighted by Crippen LogP contribution is -2.22. The maximum Gasteiger partial charge on any atom is 0.258 e. The number of nitrogens with one attached hydrogen (secondary N) is 5. The van der Waals surface area contributed by atoms with E-state index in [9.17, 15) is 9.59 Å². The molecule has 1 heterocycles. The highest BCUT2D eigenvalue weighted by atomic mass is 35.5. The van der Waals surface area contributed by atoms with Crippen LogP contribution in [0.25, 0.3) is 11.3 Å². The fourth-order valence-electron chi connectivity index (χ4n) is 5.13. The SMILES string of the molecule is O=C1Nc2ccc(C(=O)NCc3ccccc3)cc2/C1=C(/NCc1ccc(NC(=S)Nc2cccc(Cl)c2)cc1)c1ccccc1. The second kappa shape index (κ2) is 14.1. The fourth-order valence-corrected chi connectivity index (χ4v) is 5.56. The van der Waals surface area contributed by atoms with Gasteiger partial charge in [-0.15, -0.1) is 0 Å². The van der Waals surface area contributed by atoms with Gasteiger partial charge in [0.25, 0.3) is 11.8 Å². The number of rotatable bonds is 9. The molecule has 0 fully saturated rings. The minimum Gasteiger partial charge on any atom is -0.380 e. The van der Waals surface area contributed by atoms with Crippen molar-refractivity contribution in [3.63, 3.8) is 0 Å². The summed E-state index contributed by atoms with van der Waals surface area (Å²) >= 11 is 11.5. The number of carbonyl (C=O) groups excluding carboxylic acids is 2. The molecule has 7 nitrogen and oxygen atoms in total. The van der Waals surface area contributed by atoms with E-state index < -0.39 is 0 Å². The average molecular weight is 644 g/mol. The van der Waals surface area contributed by atoms with Gasteiger partial charge in [-0.3, -0.25) is 9.59 Å². The molecule has 0 radical (unpaired) electrons. The topological polar surface area (TPSA) is 94.3 Å². The second-order valence-electron chi connectivity index (χ2n) is 10.6. The summed E-state index contributed by atoms with van der Waals surface area (Å²) in [4.78, 5) is 26.5. The Hall–Kier alpha value is -5.44. The van der Waals surface area contributed by atoms with Crippen LogP contribution in [0, 0.1) is 0 Å². The van der Waals surface area contributed by atoms with Gasteiger partial charge in [-0.1, -0.05) is 90.5 Å². The molecule has 0 aromatic heterocycles. The molecule has 0 saturated heterocycles. The summed E-state index contributed by atoms with van der Waals surface area (Å²) in [5.74, 6) is -0.445. The van der Waals surface area contributed by atoms with Crippen LogP contribution >= 0.6 is 23.8 Å². The molecule has 0 atom stereocenters. The van der Waals surface area contributed by atoms with Crippen LogP contribution in [0.1, 0.15) is 32.6 Å². The Balaban J connectivity index is 1.20. The van der Waals surface area contributed by atoms with Crippen LogP contribution in [-0.4, -0.2) is 16.9 Å². The summed E-state index contributed by atoms with van der Waals surface area (Å²) in [6, 6.07) is 39.9. The van der Waals surface area contributed by atoms with Crippen molar-refractivity contribution in [1.29, 1.82) is 0 Å². The molecule has 6 rings (SSSR count). The van der Waals surface area contributed by atoms with Crippen LogP contribution in [0.2, 0.25) is 5.02 Å². The molecule has 0 bridgehead atoms. The van der Waals surface area contributed by atoms with Gasteiger partial charge in [-0.2, -0.15) is 0 Å². The molecule has 0 spiro atoms. The Morgan fingerprint density at radius 2 is 1.35 bits per heavy atom. The van der Waals surface area contributed by atoms with Crippen LogP contribution in [-0.2, 0) is 17.9 Å². The van der Waals surface area contributed by atoms with Gasteiger partial charge in [0, 0.05) is 46.3 Å². The maximum absolute atomic E-state index is 13.4. The molecule has 0 aliphatic carbocycles. The zero-order valence-electron chi connectivity index (χ0n) is 24.6. The predicted octanol–water partition coefficient (Wildman–Crippen LogP) is 7.69. The van der Waals surface area contributed by atoms with E-state index in [0.717, 1.165) is 28.1 Å². The zero-order valence-corrected chi connectivity index (χ0v) is 26.2. The molecule has 9 heteroatoms. The third-order valence-electron chi connectivity index (χ3n) is 7.40. The van der Waals surface area contributed by atoms with Gasteiger partial charge < -0.3 is 26.6 Å². The Bertz CT molecular complexity index is 1930. The molecule has 0 saturated carbocycles. The van der Waals surface area contributed by atoms with Crippen molar-refractivity contribution in [3.8, 4) is 0 Å². The monoisotopic (exact) mass is 643 g/mol. The Morgan fingerprint density at radius 3 is 2.09 bits per heavy atom. The van der Waals surface area contributed by atoms with Gasteiger partial charge in [0.1, 0.15) is 0 Å². The number of fused-ring (bicyclic) bond motifs is 1. The van der Waals surface area contributed by atoms with E-state index in [0.29, 0.717) is 51.3 Å². The van der Waals surface area contributed by atoms with Gasteiger partial charge in [-0.25, -0.2) is 0 Å². The van der Waals surface area contributed by atoms with Gasteiger partial charge in [0.05, 0.1) is 11.3 Å². The molecule has 1 aliphatic rings. The van der Waals surface area contributed by atoms with Crippen LogP contribution in [0.4, 0.5) is 17.1 Å². The molecule has 2 amide bonds. The minimum atomic E-state index is -0.233. The van der Waals surface area contributed by atoms with E-state index in [-0.39, 0.29) is 11.8 Å². The van der Waals surface area contributed by atoms with E-state index in [2.05, 4.69) is 26.6 Å². The van der Waals surface area contributed by atoms with Crippen molar-refractivity contribution in [2.24, 2.45) is 0 Å². The Labute approximate surface area is 277 Å². The minimum absolute atomic E-state index is 0.212. The number of halogens is 1. The highest BCUT2D eigenvalue weighted by Crippen LogP contribution is 2.37. The first-order valence-electron chi connectivity index (χ1n) is 14.7. The van der Waals surface area contributed by atoms with Crippen LogP contribution in [0.15, 0.2) is 127 Å². The van der Waals surface area contributed by atoms with E-state index in [4.69, 9.17) is 23.8 Å². The van der Waals surface area contributed by atoms with Crippen molar-refractivity contribution in [1.82, 2.24) is 10.6 Å². The molecule has 0 unspecified atom stereocenters. The van der Waals surface area contributed by atoms with E-state index in [1.54, 1.807) is 30.3 Å². The van der Waals surface area contributed by atoms with Crippen molar-refractivity contribution < 1.29 is 9.59 Å². The first-order valence-corrected chi connectivity index (χ1v) is 15.5. The van der Waals surface area contributed by atoms with E-state index >= 15 is 0 Å². The molecule has 1 aliphatic heterocycles. The lowest BCUT2D eigenvalue weighted by molar-refractivity contribution is -0.110. The summed E-state index contributed by atoms with van der Waals surface area (Å²) < 4.78 is 0. The highest BCUT2D eigenvalue weighted by Gasteiger charge is 2.29. The third kappa shape index (κ3) is 7.43. The van der Waals surface area contributed by atoms with Gasteiger partial charge in [0.2, 0.25) is 0 Å². The number of hydrogen-bond acceptors (Lipinski definition) is 4. The number of amides is 2. The molecule has 228 valence electrons.